The van der Waals surface area contributed by atoms with Gasteiger partial charge in [0.25, 0.3) is 5.91 Å². The lowest BCUT2D eigenvalue weighted by atomic mass is 9.95. The Bertz CT molecular complexity index is 1240. The van der Waals surface area contributed by atoms with Gasteiger partial charge in [0, 0.05) is 17.6 Å². The number of ether oxygens (including phenoxy) is 3. The molecule has 0 saturated carbocycles. The number of hydrogen-bond acceptors (Lipinski definition) is 7. The molecule has 1 heterocycles. The summed E-state index contributed by atoms with van der Waals surface area (Å²) in [6.07, 6.45) is 5.82. The molecular formula is C28H30N2O5S. The summed E-state index contributed by atoms with van der Waals surface area (Å²) in [4.78, 5) is 30.8. The summed E-state index contributed by atoms with van der Waals surface area (Å²) >= 11 is 1.59. The van der Waals surface area contributed by atoms with Gasteiger partial charge in [-0.1, -0.05) is 30.3 Å². The quantitative estimate of drug-likeness (QED) is 0.300. The molecule has 188 valence electrons. The van der Waals surface area contributed by atoms with Crippen LogP contribution in [0.4, 0.5) is 5.00 Å². The Morgan fingerprint density at radius 3 is 2.67 bits per heavy atom. The molecule has 3 aromatic rings. The van der Waals surface area contributed by atoms with Crippen LogP contribution in [-0.4, -0.2) is 38.4 Å². The summed E-state index contributed by atoms with van der Waals surface area (Å²) in [5.74, 6) is 0.389. The van der Waals surface area contributed by atoms with Gasteiger partial charge in [-0.15, -0.1) is 11.3 Å². The van der Waals surface area contributed by atoms with E-state index in [1.807, 2.05) is 36.4 Å². The van der Waals surface area contributed by atoms with Gasteiger partial charge in [-0.05, 0) is 67.5 Å². The van der Waals surface area contributed by atoms with Gasteiger partial charge >= 0.3 is 5.97 Å². The lowest BCUT2D eigenvalue weighted by Crippen LogP contribution is -2.24. The van der Waals surface area contributed by atoms with Crippen molar-refractivity contribution in [3.63, 3.8) is 0 Å². The van der Waals surface area contributed by atoms with Gasteiger partial charge in [0.2, 0.25) is 0 Å². The second kappa shape index (κ2) is 12.4. The van der Waals surface area contributed by atoms with Crippen LogP contribution < -0.4 is 14.8 Å². The highest BCUT2D eigenvalue weighted by atomic mass is 32.1. The second-order valence-electron chi connectivity index (χ2n) is 8.32. The normalized spacial score (nSPS) is 12.7. The topological polar surface area (TPSA) is 86.2 Å². The number of fused-ring (bicyclic) bond motifs is 1. The summed E-state index contributed by atoms with van der Waals surface area (Å²) in [5, 5.41) is 3.78. The van der Waals surface area contributed by atoms with Crippen LogP contribution in [0.5, 0.6) is 11.5 Å². The van der Waals surface area contributed by atoms with Gasteiger partial charge in [0.15, 0.2) is 18.1 Å². The van der Waals surface area contributed by atoms with E-state index in [1.165, 1.54) is 12.0 Å². The molecule has 0 aliphatic heterocycles. The van der Waals surface area contributed by atoms with Crippen LogP contribution in [0.15, 0.2) is 53.5 Å². The second-order valence-corrected chi connectivity index (χ2v) is 9.41. The molecule has 2 aromatic carbocycles. The Kier molecular flexibility index (Phi) is 8.73. The zero-order chi connectivity index (χ0) is 25.3. The molecule has 8 heteroatoms. The van der Waals surface area contributed by atoms with Crippen molar-refractivity contribution in [1.82, 2.24) is 5.32 Å². The van der Waals surface area contributed by atoms with E-state index >= 15 is 0 Å². The van der Waals surface area contributed by atoms with E-state index in [0.29, 0.717) is 35.2 Å². The molecule has 1 amide bonds. The Labute approximate surface area is 215 Å². The van der Waals surface area contributed by atoms with E-state index in [1.54, 1.807) is 36.6 Å². The molecule has 0 unspecified atom stereocenters. The highest BCUT2D eigenvalue weighted by molar-refractivity contribution is 7.16. The number of hydrogen-bond donors (Lipinski definition) is 1. The van der Waals surface area contributed by atoms with Gasteiger partial charge in [0.05, 0.1) is 19.3 Å². The van der Waals surface area contributed by atoms with E-state index in [4.69, 9.17) is 19.2 Å². The molecule has 0 atom stereocenters. The number of nitrogens with one attached hydrogen (secondary N) is 1. The molecular weight excluding hydrogens is 476 g/mol. The van der Waals surface area contributed by atoms with Gasteiger partial charge in [-0.25, -0.2) is 9.79 Å². The van der Waals surface area contributed by atoms with Crippen molar-refractivity contribution in [3.05, 3.63) is 75.7 Å². The molecule has 36 heavy (non-hydrogen) atoms. The summed E-state index contributed by atoms with van der Waals surface area (Å²) in [6.45, 7) is 2.32. The summed E-state index contributed by atoms with van der Waals surface area (Å²) < 4.78 is 15.9. The molecule has 0 saturated heterocycles. The summed E-state index contributed by atoms with van der Waals surface area (Å²) in [6, 6.07) is 15.2. The van der Waals surface area contributed by atoms with E-state index in [-0.39, 0.29) is 12.5 Å². The molecule has 1 aliphatic rings. The third-order valence-electron chi connectivity index (χ3n) is 5.85. The minimum absolute atomic E-state index is 0.0919. The molecule has 7 nitrogen and oxygen atoms in total. The monoisotopic (exact) mass is 506 g/mol. The lowest BCUT2D eigenvalue weighted by Gasteiger charge is -2.13. The van der Waals surface area contributed by atoms with Crippen LogP contribution in [0, 0.1) is 0 Å². The Balaban J connectivity index is 1.53. The maximum atomic E-state index is 13.2. The number of nitrogens with zero attached hydrogens (tertiary/aromatic N) is 1. The Morgan fingerprint density at radius 1 is 1.08 bits per heavy atom. The van der Waals surface area contributed by atoms with Crippen molar-refractivity contribution < 1.29 is 23.8 Å². The minimum atomic E-state index is -0.440. The van der Waals surface area contributed by atoms with Crippen molar-refractivity contribution in [1.29, 1.82) is 0 Å². The fraction of sp³-hybridized carbons (Fsp3) is 0.321. The number of esters is 1. The third kappa shape index (κ3) is 6.31. The third-order valence-corrected chi connectivity index (χ3v) is 7.04. The smallest absolute Gasteiger partial charge is 0.344 e. The van der Waals surface area contributed by atoms with Gasteiger partial charge in [0.1, 0.15) is 5.00 Å². The van der Waals surface area contributed by atoms with Gasteiger partial charge < -0.3 is 19.5 Å². The number of carbonyl (C=O) groups excluding carboxylic acids is 2. The van der Waals surface area contributed by atoms with Crippen molar-refractivity contribution in [2.45, 2.75) is 39.2 Å². The fourth-order valence-corrected chi connectivity index (χ4v) is 5.33. The van der Waals surface area contributed by atoms with Gasteiger partial charge in [-0.3, -0.25) is 4.79 Å². The maximum absolute atomic E-state index is 13.2. The molecule has 0 bridgehead atoms. The van der Waals surface area contributed by atoms with Crippen molar-refractivity contribution >= 4 is 34.4 Å². The van der Waals surface area contributed by atoms with Crippen molar-refractivity contribution in [2.75, 3.05) is 20.3 Å². The number of aliphatic imine (C=N–C) groups is 1. The SMILES string of the molecule is CCOC(=O)COc1ccc(C=Nc2sc3c(c2C(=O)NCc2ccccc2)CCCC3)cc1OC. The summed E-state index contributed by atoms with van der Waals surface area (Å²) in [5.41, 5.74) is 3.65. The van der Waals surface area contributed by atoms with E-state index in [0.717, 1.165) is 42.4 Å². The van der Waals surface area contributed by atoms with Crippen LogP contribution in [0.1, 0.15) is 51.7 Å². The maximum Gasteiger partial charge on any atom is 0.344 e. The number of amides is 1. The molecule has 1 aromatic heterocycles. The van der Waals surface area contributed by atoms with Crippen LogP contribution in [-0.2, 0) is 28.9 Å². The van der Waals surface area contributed by atoms with Crippen LogP contribution >= 0.6 is 11.3 Å². The van der Waals surface area contributed by atoms with Crippen LogP contribution in [0.25, 0.3) is 0 Å². The first-order chi connectivity index (χ1) is 17.6. The number of benzene rings is 2. The highest BCUT2D eigenvalue weighted by Gasteiger charge is 2.25. The predicted molar refractivity (Wildman–Crippen MR) is 141 cm³/mol. The van der Waals surface area contributed by atoms with E-state index < -0.39 is 5.97 Å². The van der Waals surface area contributed by atoms with E-state index in [2.05, 4.69) is 5.32 Å². The van der Waals surface area contributed by atoms with Crippen molar-refractivity contribution in [3.8, 4) is 11.5 Å². The van der Waals surface area contributed by atoms with E-state index in [9.17, 15) is 9.59 Å². The number of aryl methyl sites for hydroxylation is 1. The first-order valence-corrected chi connectivity index (χ1v) is 12.9. The fourth-order valence-electron chi connectivity index (χ4n) is 4.10. The molecule has 0 fully saturated rings. The Morgan fingerprint density at radius 2 is 1.89 bits per heavy atom. The minimum Gasteiger partial charge on any atom is -0.493 e. The molecule has 4 rings (SSSR count). The molecule has 1 N–H and O–H groups in total. The zero-order valence-corrected chi connectivity index (χ0v) is 21.4. The summed E-state index contributed by atoms with van der Waals surface area (Å²) in [7, 11) is 1.54. The standard InChI is InChI=1S/C28H30N2O5S/c1-3-34-25(31)18-35-22-14-13-20(15-23(22)33-2)17-30-28-26(21-11-7-8-12-24(21)36-28)27(32)29-16-19-9-5-4-6-10-19/h4-6,9-10,13-15,17H,3,7-8,11-12,16,18H2,1-2H3,(H,29,32). The molecule has 0 radical (unpaired) electrons. The Hall–Kier alpha value is -3.65. The zero-order valence-electron chi connectivity index (χ0n) is 20.5. The van der Waals surface area contributed by atoms with Crippen molar-refractivity contribution in [2.24, 2.45) is 4.99 Å². The number of methoxy groups -OCH3 is 1. The number of rotatable bonds is 10. The first kappa shape index (κ1) is 25.4. The first-order valence-electron chi connectivity index (χ1n) is 12.1. The average molecular weight is 507 g/mol. The number of carbonyl (C=O) groups is 2. The molecule has 0 spiro atoms. The molecule has 1 aliphatic carbocycles. The number of thiophene rings is 1. The predicted octanol–water partition coefficient (Wildman–Crippen LogP) is 5.26. The van der Waals surface area contributed by atoms with Crippen LogP contribution in [0.2, 0.25) is 0 Å². The highest BCUT2D eigenvalue weighted by Crippen LogP contribution is 2.40. The van der Waals surface area contributed by atoms with Crippen LogP contribution in [0.3, 0.4) is 0 Å². The largest absolute Gasteiger partial charge is 0.493 e. The van der Waals surface area contributed by atoms with Gasteiger partial charge in [-0.2, -0.15) is 0 Å². The average Bonchev–Trinajstić information content (AvgIpc) is 3.29. The lowest BCUT2D eigenvalue weighted by molar-refractivity contribution is -0.145.